The normalized spacial score (nSPS) is 14.3. The van der Waals surface area contributed by atoms with Crippen LogP contribution in [-0.4, -0.2) is 35.1 Å². The van der Waals surface area contributed by atoms with E-state index in [4.69, 9.17) is 4.98 Å². The largest absolute Gasteiger partial charge is 0.351 e. The molecule has 0 unspecified atom stereocenters. The molecule has 7 heteroatoms. The summed E-state index contributed by atoms with van der Waals surface area (Å²) in [5.74, 6) is 0.114. The second-order valence-electron chi connectivity index (χ2n) is 8.98. The van der Waals surface area contributed by atoms with Crippen LogP contribution in [0.4, 0.5) is 10.3 Å². The van der Waals surface area contributed by atoms with Gasteiger partial charge in [-0.15, -0.1) is 0 Å². The van der Waals surface area contributed by atoms with Crippen molar-refractivity contribution in [2.45, 2.75) is 25.7 Å². The van der Waals surface area contributed by atoms with Crippen molar-refractivity contribution in [3.8, 4) is 5.69 Å². The Kier molecular flexibility index (Phi) is 6.31. The van der Waals surface area contributed by atoms with Gasteiger partial charge in [0.05, 0.1) is 16.6 Å². The highest BCUT2D eigenvalue weighted by atomic mass is 19.1. The molecule has 6 nitrogen and oxygen atoms in total. The minimum absolute atomic E-state index is 0.170. The summed E-state index contributed by atoms with van der Waals surface area (Å²) >= 11 is 0. The summed E-state index contributed by atoms with van der Waals surface area (Å²) in [4.78, 5) is 33.3. The lowest BCUT2D eigenvalue weighted by Gasteiger charge is -2.22. The van der Waals surface area contributed by atoms with Gasteiger partial charge in [0, 0.05) is 25.2 Å². The number of carbonyl (C=O) groups excluding carboxylic acids is 1. The molecule has 1 atom stereocenters. The van der Waals surface area contributed by atoms with Gasteiger partial charge in [0.25, 0.3) is 11.5 Å². The molecule has 4 aromatic rings. The molecule has 1 fully saturated rings. The number of carbonyl (C=O) groups is 1. The van der Waals surface area contributed by atoms with Gasteiger partial charge in [0.1, 0.15) is 5.82 Å². The van der Waals surface area contributed by atoms with Crippen LogP contribution in [0, 0.1) is 5.82 Å². The number of hydrogen-bond acceptors (Lipinski definition) is 4. The van der Waals surface area contributed by atoms with Crippen LogP contribution in [0.3, 0.4) is 0 Å². The van der Waals surface area contributed by atoms with E-state index in [0.717, 1.165) is 31.5 Å². The van der Waals surface area contributed by atoms with Gasteiger partial charge < -0.3 is 10.2 Å². The lowest BCUT2D eigenvalue weighted by Crippen LogP contribution is -2.31. The Hall–Kier alpha value is -4.00. The Balaban J connectivity index is 1.48. The fourth-order valence-electron chi connectivity index (χ4n) is 4.51. The number of rotatable bonds is 6. The first-order chi connectivity index (χ1) is 17.0. The molecule has 1 saturated heterocycles. The summed E-state index contributed by atoms with van der Waals surface area (Å²) in [6.07, 6.45) is 2.03. The highest BCUT2D eigenvalue weighted by Crippen LogP contribution is 2.24. The number of aromatic nitrogens is 2. The zero-order chi connectivity index (χ0) is 24.4. The van der Waals surface area contributed by atoms with Crippen LogP contribution in [0.1, 0.15) is 41.6 Å². The van der Waals surface area contributed by atoms with E-state index in [1.165, 1.54) is 16.7 Å². The number of fused-ring (bicyclic) bond motifs is 1. The van der Waals surface area contributed by atoms with Crippen LogP contribution in [0.5, 0.6) is 0 Å². The van der Waals surface area contributed by atoms with E-state index in [9.17, 15) is 14.0 Å². The zero-order valence-electron chi connectivity index (χ0n) is 19.6. The first kappa shape index (κ1) is 22.8. The number of nitrogens with one attached hydrogen (secondary N) is 1. The Morgan fingerprint density at radius 3 is 2.46 bits per heavy atom. The van der Waals surface area contributed by atoms with Gasteiger partial charge in [-0.25, -0.2) is 13.9 Å². The van der Waals surface area contributed by atoms with E-state index in [1.54, 1.807) is 30.3 Å². The fourth-order valence-corrected chi connectivity index (χ4v) is 4.51. The molecule has 0 aliphatic carbocycles. The molecule has 0 spiro atoms. The summed E-state index contributed by atoms with van der Waals surface area (Å²) in [5.41, 5.74) is 2.40. The number of anilines is 1. The van der Waals surface area contributed by atoms with Crippen LogP contribution in [0.25, 0.3) is 16.6 Å². The van der Waals surface area contributed by atoms with Gasteiger partial charge in [-0.2, -0.15) is 0 Å². The van der Waals surface area contributed by atoms with E-state index < -0.39 is 0 Å². The second-order valence-corrected chi connectivity index (χ2v) is 8.98. The Morgan fingerprint density at radius 2 is 1.74 bits per heavy atom. The minimum atomic E-state index is -0.365. The third-order valence-corrected chi connectivity index (χ3v) is 6.53. The molecule has 35 heavy (non-hydrogen) atoms. The number of nitrogens with zero attached hydrogens (tertiary/aromatic N) is 3. The van der Waals surface area contributed by atoms with Crippen LogP contribution in [-0.2, 0) is 0 Å². The number of amides is 1. The first-order valence-corrected chi connectivity index (χ1v) is 11.9. The van der Waals surface area contributed by atoms with Crippen molar-refractivity contribution in [3.63, 3.8) is 0 Å². The highest BCUT2D eigenvalue weighted by Gasteiger charge is 2.22. The second kappa shape index (κ2) is 9.70. The molecule has 1 aliphatic heterocycles. The topological polar surface area (TPSA) is 67.2 Å². The van der Waals surface area contributed by atoms with Crippen LogP contribution in [0.15, 0.2) is 77.6 Å². The lowest BCUT2D eigenvalue weighted by molar-refractivity contribution is 0.0951. The van der Waals surface area contributed by atoms with Gasteiger partial charge in [-0.3, -0.25) is 9.59 Å². The molecular formula is C28H27FN4O2. The zero-order valence-corrected chi connectivity index (χ0v) is 19.6. The van der Waals surface area contributed by atoms with Crippen LogP contribution < -0.4 is 15.8 Å². The van der Waals surface area contributed by atoms with Crippen molar-refractivity contribution in [2.24, 2.45) is 0 Å². The monoisotopic (exact) mass is 470 g/mol. The predicted octanol–water partition coefficient (Wildman–Crippen LogP) is 4.66. The SMILES string of the molecule is C[C@@H](CNC(=O)c1ccc2c(=O)n(-c3ccc(F)cc3)c(N3CCCC3)nc2c1)c1ccccc1. The van der Waals surface area contributed by atoms with Gasteiger partial charge in [0.15, 0.2) is 0 Å². The van der Waals surface area contributed by atoms with E-state index in [-0.39, 0.29) is 23.2 Å². The fraction of sp³-hybridized carbons (Fsp3) is 0.250. The maximum absolute atomic E-state index is 13.5. The molecule has 1 aliphatic rings. The molecule has 178 valence electrons. The molecule has 5 rings (SSSR count). The summed E-state index contributed by atoms with van der Waals surface area (Å²) in [5, 5.41) is 3.40. The quantitative estimate of drug-likeness (QED) is 0.445. The maximum atomic E-state index is 13.5. The number of benzene rings is 3. The Morgan fingerprint density at radius 1 is 1.03 bits per heavy atom. The third-order valence-electron chi connectivity index (χ3n) is 6.53. The molecule has 3 aromatic carbocycles. The molecular weight excluding hydrogens is 443 g/mol. The predicted molar refractivity (Wildman–Crippen MR) is 136 cm³/mol. The standard InChI is InChI=1S/C28H27FN4O2/c1-19(20-7-3-2-4-8-20)18-30-26(34)21-9-14-24-25(17-21)31-28(32-15-5-6-16-32)33(27(24)35)23-12-10-22(29)11-13-23/h2-4,7-14,17,19H,5-6,15-16,18H2,1H3,(H,30,34)/t19-/m0/s1. The first-order valence-electron chi connectivity index (χ1n) is 11.9. The van der Waals surface area contributed by atoms with Gasteiger partial charge >= 0.3 is 0 Å². The number of hydrogen-bond donors (Lipinski definition) is 1. The van der Waals surface area contributed by atoms with Crippen molar-refractivity contribution in [3.05, 3.63) is 100 Å². The van der Waals surface area contributed by atoms with Crippen molar-refractivity contribution >= 4 is 22.8 Å². The Bertz CT molecular complexity index is 1410. The summed E-state index contributed by atoms with van der Waals surface area (Å²) in [6.45, 7) is 4.14. The van der Waals surface area contributed by atoms with Crippen molar-refractivity contribution in [2.75, 3.05) is 24.5 Å². The minimum Gasteiger partial charge on any atom is -0.351 e. The van der Waals surface area contributed by atoms with Gasteiger partial charge in [0.2, 0.25) is 5.95 Å². The van der Waals surface area contributed by atoms with Crippen molar-refractivity contribution in [1.29, 1.82) is 0 Å². The van der Waals surface area contributed by atoms with Crippen LogP contribution in [0.2, 0.25) is 0 Å². The molecule has 1 amide bonds. The average molecular weight is 471 g/mol. The van der Waals surface area contributed by atoms with Gasteiger partial charge in [-0.05, 0) is 66.8 Å². The smallest absolute Gasteiger partial charge is 0.267 e. The highest BCUT2D eigenvalue weighted by molar-refractivity contribution is 5.97. The molecule has 1 N–H and O–H groups in total. The molecule has 0 radical (unpaired) electrons. The molecule has 0 saturated carbocycles. The van der Waals surface area contributed by atoms with Crippen molar-refractivity contribution in [1.82, 2.24) is 14.9 Å². The molecule has 2 heterocycles. The molecule has 0 bridgehead atoms. The summed E-state index contributed by atoms with van der Waals surface area (Å²) in [6, 6.07) is 20.8. The van der Waals surface area contributed by atoms with E-state index in [0.29, 0.717) is 34.6 Å². The third kappa shape index (κ3) is 4.67. The lowest BCUT2D eigenvalue weighted by atomic mass is 10.0. The number of halogens is 1. The summed E-state index contributed by atoms with van der Waals surface area (Å²) in [7, 11) is 0. The summed E-state index contributed by atoms with van der Waals surface area (Å²) < 4.78 is 15.1. The molecule has 1 aromatic heterocycles. The van der Waals surface area contributed by atoms with E-state index >= 15 is 0 Å². The Labute approximate surface area is 203 Å². The maximum Gasteiger partial charge on any atom is 0.267 e. The average Bonchev–Trinajstić information content (AvgIpc) is 3.43. The van der Waals surface area contributed by atoms with E-state index in [2.05, 4.69) is 17.1 Å². The van der Waals surface area contributed by atoms with Crippen molar-refractivity contribution < 1.29 is 9.18 Å². The van der Waals surface area contributed by atoms with Gasteiger partial charge in [-0.1, -0.05) is 37.3 Å². The van der Waals surface area contributed by atoms with Crippen LogP contribution >= 0.6 is 0 Å². The van der Waals surface area contributed by atoms with E-state index in [1.807, 2.05) is 30.3 Å².